The van der Waals surface area contributed by atoms with Crippen LogP contribution in [0.2, 0.25) is 0 Å². The Bertz CT molecular complexity index is 448. The molecule has 3 rings (SSSR count). The first-order valence-corrected chi connectivity index (χ1v) is 6.68. The molecular formula is C12H19N3O5. The maximum absolute atomic E-state index is 8.77. The lowest BCUT2D eigenvalue weighted by atomic mass is 10.0. The average Bonchev–Trinajstić information content (AvgIpc) is 2.91. The van der Waals surface area contributed by atoms with Gasteiger partial charge in [-0.1, -0.05) is 5.11 Å². The smallest absolute Gasteiger partial charge is 0.188 e. The largest absolute Gasteiger partial charge is 0.348 e. The van der Waals surface area contributed by atoms with Crippen LogP contribution in [0.5, 0.6) is 0 Å². The first-order valence-electron chi connectivity index (χ1n) is 6.68. The van der Waals surface area contributed by atoms with Crippen LogP contribution in [-0.4, -0.2) is 48.8 Å². The second-order valence-corrected chi connectivity index (χ2v) is 6.13. The Hall–Kier alpha value is -0.890. The van der Waals surface area contributed by atoms with E-state index < -0.39 is 36.1 Å². The van der Waals surface area contributed by atoms with E-state index in [9.17, 15) is 0 Å². The summed E-state index contributed by atoms with van der Waals surface area (Å²) < 4.78 is 28.6. The molecule has 3 heterocycles. The molecule has 0 N–H and O–H groups in total. The molecule has 0 radical (unpaired) electrons. The zero-order valence-corrected chi connectivity index (χ0v) is 12.0. The molecular weight excluding hydrogens is 266 g/mol. The number of hydrogen-bond acceptors (Lipinski definition) is 6. The second kappa shape index (κ2) is 4.56. The number of hydrogen-bond donors (Lipinski definition) is 0. The summed E-state index contributed by atoms with van der Waals surface area (Å²) in [6.07, 6.45) is -1.70. The van der Waals surface area contributed by atoms with Crippen molar-refractivity contribution in [2.24, 2.45) is 5.11 Å². The number of ether oxygens (including phenoxy) is 5. The molecule has 3 aliphatic rings. The van der Waals surface area contributed by atoms with E-state index in [0.717, 1.165) is 0 Å². The van der Waals surface area contributed by atoms with Crippen LogP contribution < -0.4 is 0 Å². The van der Waals surface area contributed by atoms with Crippen molar-refractivity contribution in [1.29, 1.82) is 0 Å². The first kappa shape index (κ1) is 14.1. The van der Waals surface area contributed by atoms with E-state index in [2.05, 4.69) is 10.0 Å². The summed E-state index contributed by atoms with van der Waals surface area (Å²) in [5.74, 6) is -1.40. The van der Waals surface area contributed by atoms with Gasteiger partial charge >= 0.3 is 0 Å². The lowest BCUT2D eigenvalue weighted by Crippen LogP contribution is -2.41. The third-order valence-corrected chi connectivity index (χ3v) is 3.63. The van der Waals surface area contributed by atoms with Crippen molar-refractivity contribution in [2.45, 2.75) is 69.9 Å². The number of fused-ring (bicyclic) bond motifs is 1. The molecule has 8 heteroatoms. The van der Waals surface area contributed by atoms with Crippen LogP contribution in [0.25, 0.3) is 10.4 Å². The van der Waals surface area contributed by atoms with Crippen molar-refractivity contribution < 1.29 is 23.7 Å². The van der Waals surface area contributed by atoms with E-state index in [1.807, 2.05) is 13.8 Å². The van der Waals surface area contributed by atoms with Gasteiger partial charge in [-0.2, -0.15) is 0 Å². The standard InChI is InChI=1S/C12H19N3O5/c1-11(2)16-5-6(18-11)8-7(14-15-13)9-10(17-8)20-12(3,4)19-9/h6-10H,5H2,1-4H3/t6-,7+,8-,9?,10-/m1/s1. The van der Waals surface area contributed by atoms with E-state index in [1.54, 1.807) is 13.8 Å². The summed E-state index contributed by atoms with van der Waals surface area (Å²) in [6.45, 7) is 7.66. The summed E-state index contributed by atoms with van der Waals surface area (Å²) in [4.78, 5) is 2.90. The third-order valence-electron chi connectivity index (χ3n) is 3.63. The minimum Gasteiger partial charge on any atom is -0.348 e. The van der Waals surface area contributed by atoms with E-state index >= 15 is 0 Å². The molecule has 3 saturated heterocycles. The Morgan fingerprint density at radius 1 is 1.05 bits per heavy atom. The Labute approximate surface area is 116 Å². The highest BCUT2D eigenvalue weighted by atomic mass is 16.8. The first-order chi connectivity index (χ1) is 9.31. The maximum Gasteiger partial charge on any atom is 0.188 e. The van der Waals surface area contributed by atoms with Crippen LogP contribution in [0.1, 0.15) is 27.7 Å². The van der Waals surface area contributed by atoms with Gasteiger partial charge in [0.1, 0.15) is 18.3 Å². The summed E-state index contributed by atoms with van der Waals surface area (Å²) in [6, 6.07) is -0.491. The molecule has 0 aliphatic carbocycles. The molecule has 0 amide bonds. The SMILES string of the molecule is CC1(C)OC2[C@H](O[C@H]([C@H]3COC(C)(C)O3)[C@@H]2N=[N+]=[N-])O1. The molecule has 0 spiro atoms. The minimum atomic E-state index is -0.740. The van der Waals surface area contributed by atoms with Gasteiger partial charge in [0.05, 0.1) is 12.6 Å². The van der Waals surface area contributed by atoms with Crippen LogP contribution in [0.15, 0.2) is 5.11 Å². The zero-order chi connectivity index (χ0) is 14.5. The highest BCUT2D eigenvalue weighted by molar-refractivity contribution is 5.01. The predicted molar refractivity (Wildman–Crippen MR) is 66.5 cm³/mol. The van der Waals surface area contributed by atoms with Crippen LogP contribution in [0.4, 0.5) is 0 Å². The van der Waals surface area contributed by atoms with E-state index in [-0.39, 0.29) is 6.10 Å². The Kier molecular flexibility index (Phi) is 3.20. The van der Waals surface area contributed by atoms with Crippen LogP contribution >= 0.6 is 0 Å². The molecule has 0 bridgehead atoms. The summed E-state index contributed by atoms with van der Waals surface area (Å²) in [5.41, 5.74) is 8.77. The third kappa shape index (κ3) is 2.39. The average molecular weight is 285 g/mol. The molecule has 0 aromatic heterocycles. The van der Waals surface area contributed by atoms with E-state index in [1.165, 1.54) is 0 Å². The number of rotatable bonds is 2. The van der Waals surface area contributed by atoms with Crippen molar-refractivity contribution in [2.75, 3.05) is 6.61 Å². The Morgan fingerprint density at radius 3 is 2.40 bits per heavy atom. The molecule has 20 heavy (non-hydrogen) atoms. The molecule has 112 valence electrons. The molecule has 1 unspecified atom stereocenters. The fourth-order valence-corrected chi connectivity index (χ4v) is 2.89. The van der Waals surface area contributed by atoms with Crippen molar-refractivity contribution in [3.63, 3.8) is 0 Å². The van der Waals surface area contributed by atoms with Crippen LogP contribution in [-0.2, 0) is 23.7 Å². The summed E-state index contributed by atoms with van der Waals surface area (Å²) in [7, 11) is 0. The van der Waals surface area contributed by atoms with Crippen molar-refractivity contribution in [1.82, 2.24) is 0 Å². The van der Waals surface area contributed by atoms with Crippen molar-refractivity contribution >= 4 is 0 Å². The molecule has 0 aromatic carbocycles. The van der Waals surface area contributed by atoms with Crippen LogP contribution in [0, 0.1) is 0 Å². The van der Waals surface area contributed by atoms with Gasteiger partial charge in [-0.25, -0.2) is 0 Å². The minimum absolute atomic E-state index is 0.304. The monoisotopic (exact) mass is 285 g/mol. The lowest BCUT2D eigenvalue weighted by Gasteiger charge is -2.26. The fraction of sp³-hybridized carbons (Fsp3) is 1.00. The molecule has 0 aromatic rings. The zero-order valence-electron chi connectivity index (χ0n) is 12.0. The van der Waals surface area contributed by atoms with Crippen LogP contribution in [0.3, 0.4) is 0 Å². The molecule has 3 fully saturated rings. The highest BCUT2D eigenvalue weighted by Crippen LogP contribution is 2.41. The van der Waals surface area contributed by atoms with Gasteiger partial charge in [0.15, 0.2) is 17.9 Å². The number of azide groups is 1. The van der Waals surface area contributed by atoms with Gasteiger partial charge < -0.3 is 23.7 Å². The van der Waals surface area contributed by atoms with E-state index in [4.69, 9.17) is 29.2 Å². The van der Waals surface area contributed by atoms with Gasteiger partial charge in [-0.05, 0) is 33.2 Å². The summed E-state index contributed by atoms with van der Waals surface area (Å²) in [5, 5.41) is 3.82. The van der Waals surface area contributed by atoms with Crippen molar-refractivity contribution in [3.05, 3.63) is 10.4 Å². The molecule has 8 nitrogen and oxygen atoms in total. The molecule has 5 atom stereocenters. The van der Waals surface area contributed by atoms with Gasteiger partial charge in [0.25, 0.3) is 0 Å². The molecule has 0 saturated carbocycles. The lowest BCUT2D eigenvalue weighted by molar-refractivity contribution is -0.222. The fourth-order valence-electron chi connectivity index (χ4n) is 2.89. The van der Waals surface area contributed by atoms with Crippen molar-refractivity contribution in [3.8, 4) is 0 Å². The predicted octanol–water partition coefficient (Wildman–Crippen LogP) is 1.69. The number of nitrogens with zero attached hydrogens (tertiary/aromatic N) is 3. The van der Waals surface area contributed by atoms with Gasteiger partial charge in [0.2, 0.25) is 0 Å². The summed E-state index contributed by atoms with van der Waals surface area (Å²) >= 11 is 0. The second-order valence-electron chi connectivity index (χ2n) is 6.13. The van der Waals surface area contributed by atoms with Gasteiger partial charge in [-0.3, -0.25) is 0 Å². The molecule has 3 aliphatic heterocycles. The quantitative estimate of drug-likeness (QED) is 0.437. The maximum atomic E-state index is 8.77. The van der Waals surface area contributed by atoms with Gasteiger partial charge in [0, 0.05) is 4.91 Å². The van der Waals surface area contributed by atoms with Gasteiger partial charge in [-0.15, -0.1) is 0 Å². The normalized spacial score (nSPS) is 45.1. The Balaban J connectivity index is 1.78. The Morgan fingerprint density at radius 2 is 1.80 bits per heavy atom. The van der Waals surface area contributed by atoms with E-state index in [0.29, 0.717) is 6.61 Å². The topological polar surface area (TPSA) is 94.9 Å². The highest BCUT2D eigenvalue weighted by Gasteiger charge is 2.57.